The van der Waals surface area contributed by atoms with Crippen LogP contribution in [0, 0.1) is 0 Å². The molecule has 11 heavy (non-hydrogen) atoms. The molecule has 0 heterocycles. The van der Waals surface area contributed by atoms with Crippen LogP contribution in [0.25, 0.3) is 0 Å². The summed E-state index contributed by atoms with van der Waals surface area (Å²) in [6.45, 7) is 6.50. The van der Waals surface area contributed by atoms with Crippen LogP contribution in [0.5, 0.6) is 0 Å². The summed E-state index contributed by atoms with van der Waals surface area (Å²) in [4.78, 5) is 0. The van der Waals surface area contributed by atoms with Crippen molar-refractivity contribution in [1.82, 2.24) is 10.6 Å². The van der Waals surface area contributed by atoms with Gasteiger partial charge in [-0.25, -0.2) is 0 Å². The molecule has 0 saturated heterocycles. The normalized spacial score (nSPS) is 10.9. The van der Waals surface area contributed by atoms with Gasteiger partial charge in [0.2, 0.25) is 0 Å². The van der Waals surface area contributed by atoms with Crippen molar-refractivity contribution < 1.29 is 0 Å². The van der Waals surface area contributed by atoms with Crippen LogP contribution in [-0.4, -0.2) is 17.7 Å². The van der Waals surface area contributed by atoms with Gasteiger partial charge >= 0.3 is 0 Å². The fourth-order valence-corrected chi connectivity index (χ4v) is 1.01. The lowest BCUT2D eigenvalue weighted by Crippen LogP contribution is -2.48. The van der Waals surface area contributed by atoms with E-state index in [2.05, 4.69) is 31.4 Å². The zero-order chi connectivity index (χ0) is 8.91. The molecule has 0 aliphatic rings. The Kier molecular flexibility index (Phi) is 4.42. The van der Waals surface area contributed by atoms with Gasteiger partial charge in [-0.1, -0.05) is 13.8 Å². The molecule has 0 amide bonds. The standard InChI is InChI=1S/C8H18N2S/c1-5-8(3,6-2)10-7(11)9-4/h5-6H2,1-4H3,(H2,9,10,11). The molecule has 0 radical (unpaired) electrons. The summed E-state index contributed by atoms with van der Waals surface area (Å²) in [5.41, 5.74) is 0.153. The van der Waals surface area contributed by atoms with E-state index in [-0.39, 0.29) is 5.54 Å². The second kappa shape index (κ2) is 4.54. The largest absolute Gasteiger partial charge is 0.366 e. The van der Waals surface area contributed by atoms with Crippen LogP contribution in [0.1, 0.15) is 33.6 Å². The van der Waals surface area contributed by atoms with Gasteiger partial charge in [0.05, 0.1) is 0 Å². The molecular formula is C8H18N2S. The van der Waals surface area contributed by atoms with E-state index in [0.717, 1.165) is 18.0 Å². The minimum atomic E-state index is 0.153. The third-order valence-corrected chi connectivity index (χ3v) is 2.51. The SMILES string of the molecule is CCC(C)(CC)NC(=S)NC. The van der Waals surface area contributed by atoms with Crippen LogP contribution in [-0.2, 0) is 0 Å². The highest BCUT2D eigenvalue weighted by molar-refractivity contribution is 7.80. The predicted octanol–water partition coefficient (Wildman–Crippen LogP) is 1.66. The zero-order valence-electron chi connectivity index (χ0n) is 7.82. The first kappa shape index (κ1) is 10.7. The molecule has 66 valence electrons. The van der Waals surface area contributed by atoms with Gasteiger partial charge < -0.3 is 10.6 Å². The minimum absolute atomic E-state index is 0.153. The molecule has 2 N–H and O–H groups in total. The van der Waals surface area contributed by atoms with Crippen molar-refractivity contribution in [3.8, 4) is 0 Å². The highest BCUT2D eigenvalue weighted by Crippen LogP contribution is 2.12. The van der Waals surface area contributed by atoms with Crippen molar-refractivity contribution in [2.24, 2.45) is 0 Å². The van der Waals surface area contributed by atoms with E-state index in [1.807, 2.05) is 7.05 Å². The zero-order valence-corrected chi connectivity index (χ0v) is 8.64. The molecule has 0 aromatic heterocycles. The summed E-state index contributed by atoms with van der Waals surface area (Å²) in [5, 5.41) is 6.90. The molecule has 0 aromatic rings. The van der Waals surface area contributed by atoms with Crippen LogP contribution in [0.2, 0.25) is 0 Å². The second-order valence-electron chi connectivity index (χ2n) is 2.97. The third-order valence-electron chi connectivity index (χ3n) is 2.20. The molecule has 0 bridgehead atoms. The average Bonchev–Trinajstić information content (AvgIpc) is 2.04. The number of nitrogens with one attached hydrogen (secondary N) is 2. The van der Waals surface area contributed by atoms with Crippen LogP contribution in [0.15, 0.2) is 0 Å². The van der Waals surface area contributed by atoms with Gasteiger partial charge in [0.25, 0.3) is 0 Å². The molecular weight excluding hydrogens is 156 g/mol. The van der Waals surface area contributed by atoms with Crippen LogP contribution >= 0.6 is 12.2 Å². The molecule has 0 aliphatic heterocycles. The molecule has 0 saturated carbocycles. The number of thiocarbonyl (C=S) groups is 1. The van der Waals surface area contributed by atoms with Crippen LogP contribution < -0.4 is 10.6 Å². The van der Waals surface area contributed by atoms with Crippen molar-refractivity contribution in [3.05, 3.63) is 0 Å². The maximum absolute atomic E-state index is 5.01. The lowest BCUT2D eigenvalue weighted by Gasteiger charge is -2.29. The molecule has 0 fully saturated rings. The summed E-state index contributed by atoms with van der Waals surface area (Å²) in [5.74, 6) is 0. The smallest absolute Gasteiger partial charge is 0.166 e. The van der Waals surface area contributed by atoms with Gasteiger partial charge in [0, 0.05) is 12.6 Å². The Bertz CT molecular complexity index is 130. The maximum atomic E-state index is 5.01. The lowest BCUT2D eigenvalue weighted by molar-refractivity contribution is 0.388. The number of hydrogen-bond acceptors (Lipinski definition) is 1. The summed E-state index contributed by atoms with van der Waals surface area (Å²) >= 11 is 5.01. The molecule has 3 heteroatoms. The molecule has 0 spiro atoms. The van der Waals surface area contributed by atoms with Gasteiger partial charge in [-0.3, -0.25) is 0 Å². The monoisotopic (exact) mass is 174 g/mol. The fourth-order valence-electron chi connectivity index (χ4n) is 0.763. The lowest BCUT2D eigenvalue weighted by atomic mass is 9.96. The Morgan fingerprint density at radius 3 is 2.09 bits per heavy atom. The predicted molar refractivity (Wildman–Crippen MR) is 53.8 cm³/mol. The minimum Gasteiger partial charge on any atom is -0.366 e. The number of rotatable bonds is 3. The van der Waals surface area contributed by atoms with Gasteiger partial charge in [-0.05, 0) is 32.0 Å². The molecule has 2 nitrogen and oxygen atoms in total. The van der Waals surface area contributed by atoms with Gasteiger partial charge in [-0.2, -0.15) is 0 Å². The second-order valence-corrected chi connectivity index (χ2v) is 3.38. The van der Waals surface area contributed by atoms with Gasteiger partial charge in [0.15, 0.2) is 5.11 Å². The first-order valence-corrected chi connectivity index (χ1v) is 4.48. The Hall–Kier alpha value is -0.310. The van der Waals surface area contributed by atoms with Crippen molar-refractivity contribution >= 4 is 17.3 Å². The Morgan fingerprint density at radius 1 is 1.36 bits per heavy atom. The molecule has 0 unspecified atom stereocenters. The van der Waals surface area contributed by atoms with Crippen molar-refractivity contribution in [2.45, 2.75) is 39.2 Å². The van der Waals surface area contributed by atoms with E-state index >= 15 is 0 Å². The summed E-state index contributed by atoms with van der Waals surface area (Å²) < 4.78 is 0. The summed E-state index contributed by atoms with van der Waals surface area (Å²) in [7, 11) is 1.83. The molecule has 0 aromatic carbocycles. The van der Waals surface area contributed by atoms with Crippen LogP contribution in [0.4, 0.5) is 0 Å². The van der Waals surface area contributed by atoms with E-state index in [4.69, 9.17) is 12.2 Å². The summed E-state index contributed by atoms with van der Waals surface area (Å²) in [6, 6.07) is 0. The first-order valence-electron chi connectivity index (χ1n) is 4.08. The van der Waals surface area contributed by atoms with E-state index in [0.29, 0.717) is 0 Å². The Balaban J connectivity index is 3.96. The highest BCUT2D eigenvalue weighted by atomic mass is 32.1. The number of hydrogen-bond donors (Lipinski definition) is 2. The third kappa shape index (κ3) is 3.56. The molecule has 0 rings (SSSR count). The van der Waals surface area contributed by atoms with Crippen molar-refractivity contribution in [2.75, 3.05) is 7.05 Å². The van der Waals surface area contributed by atoms with E-state index in [1.54, 1.807) is 0 Å². The summed E-state index contributed by atoms with van der Waals surface area (Å²) in [6.07, 6.45) is 2.18. The quantitative estimate of drug-likeness (QED) is 0.636. The average molecular weight is 174 g/mol. The van der Waals surface area contributed by atoms with E-state index in [1.165, 1.54) is 0 Å². The van der Waals surface area contributed by atoms with Gasteiger partial charge in [0.1, 0.15) is 0 Å². The van der Waals surface area contributed by atoms with Crippen LogP contribution in [0.3, 0.4) is 0 Å². The van der Waals surface area contributed by atoms with Gasteiger partial charge in [-0.15, -0.1) is 0 Å². The van der Waals surface area contributed by atoms with E-state index < -0.39 is 0 Å². The van der Waals surface area contributed by atoms with E-state index in [9.17, 15) is 0 Å². The van der Waals surface area contributed by atoms with Crippen molar-refractivity contribution in [3.63, 3.8) is 0 Å². The Morgan fingerprint density at radius 2 is 1.82 bits per heavy atom. The van der Waals surface area contributed by atoms with Crippen molar-refractivity contribution in [1.29, 1.82) is 0 Å². The highest BCUT2D eigenvalue weighted by Gasteiger charge is 2.19. The molecule has 0 atom stereocenters. The molecule has 0 aliphatic carbocycles. The fraction of sp³-hybridized carbons (Fsp3) is 0.875. The topological polar surface area (TPSA) is 24.1 Å². The maximum Gasteiger partial charge on any atom is 0.166 e. The first-order chi connectivity index (χ1) is 5.08. The Labute approximate surface area is 74.8 Å².